The Kier molecular flexibility index (Phi) is 7.16. The van der Waals surface area contributed by atoms with Crippen LogP contribution in [0.1, 0.15) is 18.0 Å². The number of benzene rings is 1. The molecule has 0 amide bonds. The summed E-state index contributed by atoms with van der Waals surface area (Å²) in [6, 6.07) is 4.83. The zero-order valence-electron chi connectivity index (χ0n) is 10.6. The SMILES string of the molecule is COC(=O)CC(N)c1ccc(OC)cc1OC.Cl. The molecule has 0 aliphatic rings. The highest BCUT2D eigenvalue weighted by Gasteiger charge is 2.16. The van der Waals surface area contributed by atoms with E-state index in [4.69, 9.17) is 15.2 Å². The first-order chi connectivity index (χ1) is 8.12. The summed E-state index contributed by atoms with van der Waals surface area (Å²) in [4.78, 5) is 11.2. The van der Waals surface area contributed by atoms with E-state index in [2.05, 4.69) is 4.74 Å². The first-order valence-corrected chi connectivity index (χ1v) is 5.16. The van der Waals surface area contributed by atoms with Crippen molar-refractivity contribution in [1.82, 2.24) is 0 Å². The molecule has 18 heavy (non-hydrogen) atoms. The van der Waals surface area contributed by atoms with Crippen LogP contribution in [0.15, 0.2) is 18.2 Å². The summed E-state index contributed by atoms with van der Waals surface area (Å²) in [7, 11) is 4.45. The fourth-order valence-corrected chi connectivity index (χ4v) is 1.50. The highest BCUT2D eigenvalue weighted by molar-refractivity contribution is 5.85. The number of hydrogen-bond acceptors (Lipinski definition) is 5. The highest BCUT2D eigenvalue weighted by Crippen LogP contribution is 2.29. The topological polar surface area (TPSA) is 70.8 Å². The molecule has 5 nitrogen and oxygen atoms in total. The Morgan fingerprint density at radius 3 is 2.44 bits per heavy atom. The van der Waals surface area contributed by atoms with Crippen LogP contribution < -0.4 is 15.2 Å². The van der Waals surface area contributed by atoms with Gasteiger partial charge < -0.3 is 19.9 Å². The minimum Gasteiger partial charge on any atom is -0.497 e. The van der Waals surface area contributed by atoms with E-state index in [1.54, 1.807) is 32.4 Å². The van der Waals surface area contributed by atoms with Gasteiger partial charge in [0.25, 0.3) is 0 Å². The molecule has 1 aromatic rings. The summed E-state index contributed by atoms with van der Waals surface area (Å²) < 4.78 is 14.9. The van der Waals surface area contributed by atoms with E-state index in [-0.39, 0.29) is 24.8 Å². The van der Waals surface area contributed by atoms with Gasteiger partial charge in [0, 0.05) is 17.7 Å². The van der Waals surface area contributed by atoms with Crippen molar-refractivity contribution in [3.05, 3.63) is 23.8 Å². The van der Waals surface area contributed by atoms with Gasteiger partial charge in [-0.05, 0) is 6.07 Å². The van der Waals surface area contributed by atoms with E-state index in [9.17, 15) is 4.79 Å². The van der Waals surface area contributed by atoms with E-state index >= 15 is 0 Å². The third-order valence-electron chi connectivity index (χ3n) is 2.45. The van der Waals surface area contributed by atoms with E-state index in [0.29, 0.717) is 11.5 Å². The van der Waals surface area contributed by atoms with Crippen LogP contribution in [0.2, 0.25) is 0 Å². The molecule has 1 atom stereocenters. The zero-order valence-corrected chi connectivity index (χ0v) is 11.5. The van der Waals surface area contributed by atoms with Crippen LogP contribution in [-0.4, -0.2) is 27.3 Å². The summed E-state index contributed by atoms with van der Waals surface area (Å²) in [6.07, 6.45) is 0.110. The molecule has 0 radical (unpaired) electrons. The Hall–Kier alpha value is -1.46. The number of halogens is 1. The first kappa shape index (κ1) is 16.5. The number of methoxy groups -OCH3 is 3. The average molecular weight is 276 g/mol. The second kappa shape index (κ2) is 7.79. The molecule has 0 aromatic heterocycles. The summed E-state index contributed by atoms with van der Waals surface area (Å²) in [5.41, 5.74) is 6.67. The second-order valence-electron chi connectivity index (χ2n) is 3.49. The molecule has 0 spiro atoms. The predicted molar refractivity (Wildman–Crippen MR) is 70.4 cm³/mol. The predicted octanol–water partition coefficient (Wildman–Crippen LogP) is 1.69. The van der Waals surface area contributed by atoms with Crippen LogP contribution >= 0.6 is 12.4 Å². The highest BCUT2D eigenvalue weighted by atomic mass is 35.5. The number of carbonyl (C=O) groups is 1. The fourth-order valence-electron chi connectivity index (χ4n) is 1.50. The molecule has 102 valence electrons. The quantitative estimate of drug-likeness (QED) is 0.828. The molecule has 1 unspecified atom stereocenters. The molecule has 1 aromatic carbocycles. The zero-order chi connectivity index (χ0) is 12.8. The molecular formula is C12H18ClNO4. The van der Waals surface area contributed by atoms with Crippen molar-refractivity contribution in [2.75, 3.05) is 21.3 Å². The van der Waals surface area contributed by atoms with Gasteiger partial charge in [-0.2, -0.15) is 0 Å². The molecule has 2 N–H and O–H groups in total. The van der Waals surface area contributed by atoms with Crippen molar-refractivity contribution >= 4 is 18.4 Å². The maximum Gasteiger partial charge on any atom is 0.307 e. The summed E-state index contributed by atoms with van der Waals surface area (Å²) in [5.74, 6) is 0.923. The van der Waals surface area contributed by atoms with E-state index < -0.39 is 6.04 Å². The molecule has 0 aliphatic heterocycles. The molecule has 1 rings (SSSR count). The third-order valence-corrected chi connectivity index (χ3v) is 2.45. The lowest BCUT2D eigenvalue weighted by Crippen LogP contribution is -2.17. The monoisotopic (exact) mass is 275 g/mol. The minimum atomic E-state index is -0.455. The van der Waals surface area contributed by atoms with Crippen molar-refractivity contribution in [3.8, 4) is 11.5 Å². The van der Waals surface area contributed by atoms with Gasteiger partial charge in [-0.15, -0.1) is 12.4 Å². The van der Waals surface area contributed by atoms with Gasteiger partial charge in [0.1, 0.15) is 11.5 Å². The Bertz CT molecular complexity index is 398. The van der Waals surface area contributed by atoms with Crippen molar-refractivity contribution in [1.29, 1.82) is 0 Å². The van der Waals surface area contributed by atoms with Gasteiger partial charge in [0.05, 0.1) is 27.8 Å². The smallest absolute Gasteiger partial charge is 0.307 e. The standard InChI is InChI=1S/C12H17NO4.ClH/c1-15-8-4-5-9(11(6-8)16-2)10(13)7-12(14)17-3;/h4-6,10H,7,13H2,1-3H3;1H. The lowest BCUT2D eigenvalue weighted by molar-refractivity contribution is -0.141. The third kappa shape index (κ3) is 4.09. The lowest BCUT2D eigenvalue weighted by Gasteiger charge is -2.15. The number of rotatable bonds is 5. The largest absolute Gasteiger partial charge is 0.497 e. The van der Waals surface area contributed by atoms with Gasteiger partial charge in [0.2, 0.25) is 0 Å². The molecular weight excluding hydrogens is 258 g/mol. The first-order valence-electron chi connectivity index (χ1n) is 5.16. The van der Waals surface area contributed by atoms with Crippen molar-refractivity contribution < 1.29 is 19.0 Å². The fraction of sp³-hybridized carbons (Fsp3) is 0.417. The molecule has 0 fully saturated rings. The summed E-state index contributed by atoms with van der Waals surface area (Å²) in [5, 5.41) is 0. The van der Waals surface area contributed by atoms with Crippen LogP contribution in [0.4, 0.5) is 0 Å². The van der Waals surface area contributed by atoms with Crippen LogP contribution in [-0.2, 0) is 9.53 Å². The van der Waals surface area contributed by atoms with Gasteiger partial charge in [-0.1, -0.05) is 6.07 Å². The Labute approximate surface area is 113 Å². The maximum absolute atomic E-state index is 11.2. The summed E-state index contributed by atoms with van der Waals surface area (Å²) in [6.45, 7) is 0. The van der Waals surface area contributed by atoms with E-state index in [0.717, 1.165) is 5.56 Å². The van der Waals surface area contributed by atoms with Crippen LogP contribution in [0.5, 0.6) is 11.5 Å². The number of hydrogen-bond donors (Lipinski definition) is 1. The Morgan fingerprint density at radius 2 is 1.94 bits per heavy atom. The van der Waals surface area contributed by atoms with Gasteiger partial charge >= 0.3 is 5.97 Å². The van der Waals surface area contributed by atoms with Crippen molar-refractivity contribution in [3.63, 3.8) is 0 Å². The van der Waals surface area contributed by atoms with Gasteiger partial charge in [-0.25, -0.2) is 0 Å². The normalized spacial score (nSPS) is 11.1. The average Bonchev–Trinajstić information content (AvgIpc) is 2.37. The molecule has 0 heterocycles. The molecule has 0 bridgehead atoms. The molecule has 6 heteroatoms. The number of carbonyl (C=O) groups excluding carboxylic acids is 1. The summed E-state index contributed by atoms with van der Waals surface area (Å²) >= 11 is 0. The van der Waals surface area contributed by atoms with Gasteiger partial charge in [-0.3, -0.25) is 4.79 Å². The minimum absolute atomic E-state index is 0. The van der Waals surface area contributed by atoms with Crippen molar-refractivity contribution in [2.45, 2.75) is 12.5 Å². The van der Waals surface area contributed by atoms with Gasteiger partial charge in [0.15, 0.2) is 0 Å². The second-order valence-corrected chi connectivity index (χ2v) is 3.49. The lowest BCUT2D eigenvalue weighted by atomic mass is 10.0. The van der Waals surface area contributed by atoms with E-state index in [1.807, 2.05) is 0 Å². The van der Waals surface area contributed by atoms with Crippen LogP contribution in [0.25, 0.3) is 0 Å². The van der Waals surface area contributed by atoms with E-state index in [1.165, 1.54) is 7.11 Å². The van der Waals surface area contributed by atoms with Crippen molar-refractivity contribution in [2.24, 2.45) is 5.73 Å². The molecule has 0 saturated carbocycles. The number of ether oxygens (including phenoxy) is 3. The molecule has 0 aliphatic carbocycles. The Balaban J connectivity index is 0.00000289. The molecule has 0 saturated heterocycles. The van der Waals surface area contributed by atoms with Crippen LogP contribution in [0.3, 0.4) is 0 Å². The maximum atomic E-state index is 11.2. The number of nitrogens with two attached hydrogens (primary N) is 1. The van der Waals surface area contributed by atoms with Crippen LogP contribution in [0, 0.1) is 0 Å². The Morgan fingerprint density at radius 1 is 1.28 bits per heavy atom. The number of esters is 1.